The minimum Gasteiger partial charge on any atom is -0.497 e. The first-order valence-electron chi connectivity index (χ1n) is 18.8. The van der Waals surface area contributed by atoms with Gasteiger partial charge in [0.15, 0.2) is 17.2 Å². The van der Waals surface area contributed by atoms with E-state index in [2.05, 4.69) is 9.97 Å². The fourth-order valence-corrected chi connectivity index (χ4v) is 7.58. The van der Waals surface area contributed by atoms with Crippen LogP contribution in [0.25, 0.3) is 33.4 Å². The number of carbonyl (C=O) groups excluding carboxylic acids is 1. The zero-order chi connectivity index (χ0) is 37.9. The maximum absolute atomic E-state index is 15.9. The lowest BCUT2D eigenvalue weighted by molar-refractivity contribution is 0.0303. The predicted molar refractivity (Wildman–Crippen MR) is 207 cm³/mol. The standard InChI is InChI=1S/C43H43FN6O5/c1-48-38(24-28-6-4-3-5-7-28)46-26-34(43(48)52)32-14-17-36(35(44)25-32)55-37-18-19-45-41-39(37)40(47-50(41)27-29-8-15-33(53-2)16-9-29)30-10-12-31(13-11-30)42(51)49-20-22-54-23-21-49/h8-19,25-26,28H,3-7,20-24,27H2,1-2H3. The molecule has 8 rings (SSSR count). The molecule has 0 N–H and O–H groups in total. The summed E-state index contributed by atoms with van der Waals surface area (Å²) in [4.78, 5) is 37.8. The zero-order valence-electron chi connectivity index (χ0n) is 31.0. The molecule has 3 aromatic heterocycles. The number of nitrogens with zero attached hydrogens (tertiary/aromatic N) is 6. The molecule has 11 nitrogen and oxygen atoms in total. The normalized spacial score (nSPS) is 15.0. The van der Waals surface area contributed by atoms with Gasteiger partial charge >= 0.3 is 0 Å². The Morgan fingerprint density at radius 1 is 0.909 bits per heavy atom. The van der Waals surface area contributed by atoms with Gasteiger partial charge in [0.1, 0.15) is 23.0 Å². The second-order valence-electron chi connectivity index (χ2n) is 14.3. The van der Waals surface area contributed by atoms with Gasteiger partial charge in [0, 0.05) is 50.1 Å². The fourth-order valence-electron chi connectivity index (χ4n) is 7.58. The maximum atomic E-state index is 15.9. The molecule has 0 unspecified atom stereocenters. The third-order valence-electron chi connectivity index (χ3n) is 10.7. The van der Waals surface area contributed by atoms with Crippen molar-refractivity contribution in [1.29, 1.82) is 0 Å². The number of ether oxygens (including phenoxy) is 3. The SMILES string of the molecule is COc1ccc(Cn2nc(-c3ccc(C(=O)N4CCOCC4)cc3)c3c(Oc4ccc(-c5cnc(CC6CCCCC6)n(C)c5=O)cc4F)ccnc32)cc1. The lowest BCUT2D eigenvalue weighted by Crippen LogP contribution is -2.40. The zero-order valence-corrected chi connectivity index (χ0v) is 31.0. The van der Waals surface area contributed by atoms with Gasteiger partial charge in [-0.2, -0.15) is 5.10 Å². The first kappa shape index (κ1) is 36.1. The molecule has 4 heterocycles. The molecule has 1 aliphatic heterocycles. The monoisotopic (exact) mass is 742 g/mol. The van der Waals surface area contributed by atoms with Crippen LogP contribution in [0.1, 0.15) is 53.8 Å². The predicted octanol–water partition coefficient (Wildman–Crippen LogP) is 7.44. The molecule has 0 bridgehead atoms. The second-order valence-corrected chi connectivity index (χ2v) is 14.3. The number of carbonyl (C=O) groups is 1. The van der Waals surface area contributed by atoms with Crippen molar-refractivity contribution >= 4 is 16.9 Å². The molecular formula is C43H43FN6O5. The number of halogens is 1. The molecule has 1 saturated carbocycles. The third kappa shape index (κ3) is 7.59. The van der Waals surface area contributed by atoms with Crippen LogP contribution in [-0.2, 0) is 24.8 Å². The molecule has 0 radical (unpaired) electrons. The number of fused-ring (bicyclic) bond motifs is 1. The molecule has 3 aromatic carbocycles. The summed E-state index contributed by atoms with van der Waals surface area (Å²) in [7, 11) is 3.36. The summed E-state index contributed by atoms with van der Waals surface area (Å²) in [6.45, 7) is 2.53. The van der Waals surface area contributed by atoms with Crippen molar-refractivity contribution in [1.82, 2.24) is 29.2 Å². The van der Waals surface area contributed by atoms with Crippen LogP contribution in [0.15, 0.2) is 90.0 Å². The number of morpholine rings is 1. The number of benzene rings is 3. The van der Waals surface area contributed by atoms with Gasteiger partial charge in [0.05, 0.1) is 37.8 Å². The quantitative estimate of drug-likeness (QED) is 0.142. The number of aromatic nitrogens is 5. The van der Waals surface area contributed by atoms with E-state index in [9.17, 15) is 9.59 Å². The lowest BCUT2D eigenvalue weighted by Gasteiger charge is -2.26. The summed E-state index contributed by atoms with van der Waals surface area (Å²) < 4.78 is 36.4. The number of pyridine rings is 1. The average Bonchev–Trinajstić information content (AvgIpc) is 3.60. The van der Waals surface area contributed by atoms with Gasteiger partial charge in [-0.25, -0.2) is 19.0 Å². The first-order chi connectivity index (χ1) is 26.9. The van der Waals surface area contributed by atoms with Crippen LogP contribution in [0, 0.1) is 11.7 Å². The minimum atomic E-state index is -0.631. The summed E-state index contributed by atoms with van der Waals surface area (Å²) in [5, 5.41) is 5.58. The Balaban J connectivity index is 1.12. The van der Waals surface area contributed by atoms with Crippen molar-refractivity contribution < 1.29 is 23.4 Å². The van der Waals surface area contributed by atoms with E-state index < -0.39 is 5.82 Å². The van der Waals surface area contributed by atoms with Crippen molar-refractivity contribution in [2.45, 2.75) is 45.1 Å². The van der Waals surface area contributed by atoms with Crippen LogP contribution < -0.4 is 15.0 Å². The van der Waals surface area contributed by atoms with Gasteiger partial charge in [-0.05, 0) is 59.5 Å². The van der Waals surface area contributed by atoms with Crippen molar-refractivity contribution in [3.8, 4) is 39.6 Å². The van der Waals surface area contributed by atoms with Crippen molar-refractivity contribution in [3.05, 3.63) is 118 Å². The lowest BCUT2D eigenvalue weighted by atomic mass is 9.87. The van der Waals surface area contributed by atoms with E-state index in [1.165, 1.54) is 31.4 Å². The smallest absolute Gasteiger partial charge is 0.261 e. The summed E-state index contributed by atoms with van der Waals surface area (Å²) in [5.41, 5.74) is 3.91. The Morgan fingerprint density at radius 2 is 1.65 bits per heavy atom. The van der Waals surface area contributed by atoms with Crippen LogP contribution >= 0.6 is 0 Å². The topological polar surface area (TPSA) is 114 Å². The summed E-state index contributed by atoms with van der Waals surface area (Å²) in [6, 6.07) is 21.2. The van der Waals surface area contributed by atoms with E-state index in [0.717, 1.165) is 42.0 Å². The van der Waals surface area contributed by atoms with Crippen molar-refractivity contribution in [3.63, 3.8) is 0 Å². The summed E-state index contributed by atoms with van der Waals surface area (Å²) in [5.74, 6) is 1.68. The molecule has 55 heavy (non-hydrogen) atoms. The number of methoxy groups -OCH3 is 1. The Hall–Kier alpha value is -5.88. The van der Waals surface area contributed by atoms with Gasteiger partial charge in [-0.3, -0.25) is 14.2 Å². The van der Waals surface area contributed by atoms with Crippen LogP contribution in [0.3, 0.4) is 0 Å². The largest absolute Gasteiger partial charge is 0.497 e. The van der Waals surface area contributed by atoms with Crippen molar-refractivity contribution in [2.75, 3.05) is 33.4 Å². The highest BCUT2D eigenvalue weighted by atomic mass is 19.1. The molecular weight excluding hydrogens is 700 g/mol. The Labute approximate surface area is 318 Å². The third-order valence-corrected chi connectivity index (χ3v) is 10.7. The van der Waals surface area contributed by atoms with Crippen LogP contribution in [0.4, 0.5) is 4.39 Å². The van der Waals surface area contributed by atoms with Gasteiger partial charge in [0.2, 0.25) is 0 Å². The van der Waals surface area contributed by atoms with E-state index in [1.54, 1.807) is 65.0 Å². The molecule has 1 saturated heterocycles. The van der Waals surface area contributed by atoms with E-state index in [4.69, 9.17) is 19.3 Å². The van der Waals surface area contributed by atoms with Gasteiger partial charge < -0.3 is 19.1 Å². The molecule has 0 spiro atoms. The molecule has 2 fully saturated rings. The number of hydrogen-bond donors (Lipinski definition) is 0. The highest BCUT2D eigenvalue weighted by Gasteiger charge is 2.23. The van der Waals surface area contributed by atoms with Crippen molar-refractivity contribution in [2.24, 2.45) is 13.0 Å². The van der Waals surface area contributed by atoms with Crippen LogP contribution in [0.5, 0.6) is 17.2 Å². The molecule has 1 amide bonds. The second kappa shape index (κ2) is 15.8. The molecule has 1 aliphatic carbocycles. The van der Waals surface area contributed by atoms with Gasteiger partial charge in [0.25, 0.3) is 11.5 Å². The number of hydrogen-bond acceptors (Lipinski definition) is 8. The summed E-state index contributed by atoms with van der Waals surface area (Å²) >= 11 is 0. The van der Waals surface area contributed by atoms with Gasteiger partial charge in [-0.15, -0.1) is 0 Å². The molecule has 282 valence electrons. The van der Waals surface area contributed by atoms with E-state index in [1.807, 2.05) is 36.4 Å². The molecule has 2 aliphatic rings. The van der Waals surface area contributed by atoms with Crippen LogP contribution in [-0.4, -0.2) is 68.5 Å². The summed E-state index contributed by atoms with van der Waals surface area (Å²) in [6.07, 6.45) is 9.94. The number of amides is 1. The van der Waals surface area contributed by atoms with Crippen LogP contribution in [0.2, 0.25) is 0 Å². The fraction of sp³-hybridized carbons (Fsp3) is 0.326. The highest BCUT2D eigenvalue weighted by molar-refractivity contribution is 5.98. The van der Waals surface area contributed by atoms with E-state index in [-0.39, 0.29) is 17.2 Å². The number of rotatable bonds is 10. The van der Waals surface area contributed by atoms with E-state index in [0.29, 0.717) is 77.9 Å². The Morgan fingerprint density at radius 3 is 2.38 bits per heavy atom. The Kier molecular flexibility index (Phi) is 10.4. The maximum Gasteiger partial charge on any atom is 0.261 e. The Bertz CT molecular complexity index is 2380. The molecule has 0 atom stereocenters. The molecule has 12 heteroatoms. The van der Waals surface area contributed by atoms with E-state index >= 15 is 4.39 Å². The highest BCUT2D eigenvalue weighted by Crippen LogP contribution is 2.38. The van der Waals surface area contributed by atoms with Gasteiger partial charge in [-0.1, -0.05) is 62.4 Å². The average molecular weight is 743 g/mol. The first-order valence-corrected chi connectivity index (χ1v) is 18.8. The minimum absolute atomic E-state index is 0.0183. The molecule has 6 aromatic rings.